The fraction of sp³-hybridized carbons (Fsp3) is 0.208. The van der Waals surface area contributed by atoms with Crippen molar-refractivity contribution in [3.63, 3.8) is 0 Å². The van der Waals surface area contributed by atoms with Crippen LogP contribution in [0.3, 0.4) is 0 Å². The Bertz CT molecular complexity index is 1200. The van der Waals surface area contributed by atoms with Crippen molar-refractivity contribution in [2.24, 2.45) is 0 Å². The second-order valence-corrected chi connectivity index (χ2v) is 8.89. The predicted octanol–water partition coefficient (Wildman–Crippen LogP) is 3.55. The van der Waals surface area contributed by atoms with E-state index in [1.165, 1.54) is 12.1 Å². The van der Waals surface area contributed by atoms with Crippen molar-refractivity contribution in [1.29, 1.82) is 0 Å². The Labute approximate surface area is 192 Å². The zero-order valence-corrected chi connectivity index (χ0v) is 19.1. The van der Waals surface area contributed by atoms with Gasteiger partial charge in [-0.1, -0.05) is 18.2 Å². The molecule has 0 aliphatic heterocycles. The molecule has 3 rings (SSSR count). The lowest BCUT2D eigenvalue weighted by molar-refractivity contribution is -0.120. The lowest BCUT2D eigenvalue weighted by Gasteiger charge is -2.11. The van der Waals surface area contributed by atoms with Crippen molar-refractivity contribution in [3.05, 3.63) is 83.7 Å². The summed E-state index contributed by atoms with van der Waals surface area (Å²) in [7, 11) is -0.660. The number of rotatable bonds is 10. The normalized spacial score (nSPS) is 11.0. The average Bonchev–Trinajstić information content (AvgIpc) is 2.80. The number of sulfonamides is 1. The molecule has 0 radical (unpaired) electrons. The van der Waals surface area contributed by atoms with Crippen LogP contribution in [0.2, 0.25) is 0 Å². The van der Waals surface area contributed by atoms with E-state index in [1.54, 1.807) is 44.6 Å². The molecule has 7 nitrogen and oxygen atoms in total. The highest BCUT2D eigenvalue weighted by atomic mass is 32.2. The highest BCUT2D eigenvalue weighted by Gasteiger charge is 2.14. The molecule has 0 spiro atoms. The van der Waals surface area contributed by atoms with Gasteiger partial charge >= 0.3 is 0 Å². The van der Waals surface area contributed by atoms with Crippen molar-refractivity contribution >= 4 is 21.6 Å². The van der Waals surface area contributed by atoms with Gasteiger partial charge in [-0.25, -0.2) is 12.8 Å². The number of hydrogen-bond donors (Lipinski definition) is 2. The van der Waals surface area contributed by atoms with Crippen LogP contribution in [-0.4, -0.2) is 35.1 Å². The number of benzene rings is 3. The van der Waals surface area contributed by atoms with Crippen LogP contribution >= 0.6 is 0 Å². The number of amides is 1. The van der Waals surface area contributed by atoms with Crippen LogP contribution in [0.1, 0.15) is 11.1 Å². The first-order valence-electron chi connectivity index (χ1n) is 10.2. The summed E-state index contributed by atoms with van der Waals surface area (Å²) in [5.74, 6) is 0.729. The van der Waals surface area contributed by atoms with Crippen molar-refractivity contribution < 1.29 is 27.1 Å². The Hall–Kier alpha value is -3.59. The first-order valence-corrected chi connectivity index (χ1v) is 11.6. The summed E-state index contributed by atoms with van der Waals surface area (Å²) < 4.78 is 50.8. The molecule has 0 saturated heterocycles. The molecule has 3 aromatic rings. The number of hydrogen-bond acceptors (Lipinski definition) is 5. The summed E-state index contributed by atoms with van der Waals surface area (Å²) in [6.45, 7) is 0.442. The smallest absolute Gasteiger partial charge is 0.261 e. The summed E-state index contributed by atoms with van der Waals surface area (Å²) in [4.78, 5) is 12.2. The van der Waals surface area contributed by atoms with Crippen LogP contribution < -0.4 is 19.5 Å². The Morgan fingerprint density at radius 1 is 0.939 bits per heavy atom. The molecule has 0 bridgehead atoms. The van der Waals surface area contributed by atoms with E-state index < -0.39 is 15.8 Å². The number of carbonyl (C=O) groups excluding carboxylic acids is 1. The molecule has 9 heteroatoms. The summed E-state index contributed by atoms with van der Waals surface area (Å²) >= 11 is 0. The maximum atomic E-state index is 13.0. The number of carbonyl (C=O) groups is 1. The predicted molar refractivity (Wildman–Crippen MR) is 124 cm³/mol. The summed E-state index contributed by atoms with van der Waals surface area (Å²) in [5.41, 5.74) is 2.03. The van der Waals surface area contributed by atoms with Gasteiger partial charge in [-0.3, -0.25) is 9.52 Å². The average molecular weight is 473 g/mol. The minimum absolute atomic E-state index is 0.0409. The molecular weight excluding hydrogens is 447 g/mol. The molecule has 0 atom stereocenters. The highest BCUT2D eigenvalue weighted by Crippen LogP contribution is 2.24. The van der Waals surface area contributed by atoms with Crippen LogP contribution in [0.5, 0.6) is 11.5 Å². The molecule has 3 aromatic carbocycles. The molecule has 0 aromatic heterocycles. The summed E-state index contributed by atoms with van der Waals surface area (Å²) in [6, 6.07) is 16.6. The number of methoxy groups -OCH3 is 2. The van der Waals surface area contributed by atoms with E-state index in [0.717, 1.165) is 23.3 Å². The van der Waals surface area contributed by atoms with Gasteiger partial charge in [0.05, 0.1) is 25.5 Å². The molecule has 0 fully saturated rings. The molecule has 0 aliphatic carbocycles. The van der Waals surface area contributed by atoms with Gasteiger partial charge in [-0.05, 0) is 60.0 Å². The van der Waals surface area contributed by atoms with E-state index in [-0.39, 0.29) is 17.2 Å². The SMILES string of the molecule is COc1ccc(CCNC(=O)Cc2ccc(NS(=O)(=O)c3ccc(F)cc3)cc2)c(OC)c1. The molecule has 0 saturated carbocycles. The van der Waals surface area contributed by atoms with Crippen LogP contribution in [0.25, 0.3) is 0 Å². The first kappa shape index (κ1) is 24.1. The monoisotopic (exact) mass is 472 g/mol. The van der Waals surface area contributed by atoms with E-state index in [9.17, 15) is 17.6 Å². The number of nitrogens with one attached hydrogen (secondary N) is 2. The summed E-state index contributed by atoms with van der Waals surface area (Å²) in [5, 5.41) is 2.87. The third kappa shape index (κ3) is 6.69. The topological polar surface area (TPSA) is 93.7 Å². The zero-order valence-electron chi connectivity index (χ0n) is 18.3. The highest BCUT2D eigenvalue weighted by molar-refractivity contribution is 7.92. The Morgan fingerprint density at radius 2 is 1.64 bits per heavy atom. The van der Waals surface area contributed by atoms with Gasteiger partial charge in [-0.2, -0.15) is 0 Å². The van der Waals surface area contributed by atoms with E-state index in [1.807, 2.05) is 12.1 Å². The maximum Gasteiger partial charge on any atom is 0.261 e. The minimum atomic E-state index is -3.83. The molecule has 33 heavy (non-hydrogen) atoms. The van der Waals surface area contributed by atoms with Gasteiger partial charge in [0, 0.05) is 18.3 Å². The minimum Gasteiger partial charge on any atom is -0.497 e. The third-order valence-electron chi connectivity index (χ3n) is 4.91. The fourth-order valence-corrected chi connectivity index (χ4v) is 4.22. The van der Waals surface area contributed by atoms with Gasteiger partial charge < -0.3 is 14.8 Å². The third-order valence-corrected chi connectivity index (χ3v) is 6.30. The molecular formula is C24H25FN2O5S. The molecule has 0 aliphatic rings. The van der Waals surface area contributed by atoms with Crippen molar-refractivity contribution in [2.75, 3.05) is 25.5 Å². The van der Waals surface area contributed by atoms with Gasteiger partial charge in [0.15, 0.2) is 0 Å². The second-order valence-electron chi connectivity index (χ2n) is 7.21. The van der Waals surface area contributed by atoms with Gasteiger partial charge in [0.25, 0.3) is 10.0 Å². The second kappa shape index (κ2) is 10.8. The van der Waals surface area contributed by atoms with Crippen molar-refractivity contribution in [2.45, 2.75) is 17.7 Å². The zero-order chi connectivity index (χ0) is 23.8. The standard InChI is InChI=1S/C24H25FN2O5S/c1-31-21-10-5-18(23(16-21)32-2)13-14-26-24(28)15-17-3-8-20(9-4-17)27-33(29,30)22-11-6-19(25)7-12-22/h3-12,16,27H,13-15H2,1-2H3,(H,26,28). The van der Waals surface area contributed by atoms with Gasteiger partial charge in [-0.15, -0.1) is 0 Å². The fourth-order valence-electron chi connectivity index (χ4n) is 3.16. The van der Waals surface area contributed by atoms with E-state index in [2.05, 4.69) is 10.0 Å². The largest absolute Gasteiger partial charge is 0.497 e. The van der Waals surface area contributed by atoms with Crippen molar-refractivity contribution in [3.8, 4) is 11.5 Å². The van der Waals surface area contributed by atoms with E-state index >= 15 is 0 Å². The Morgan fingerprint density at radius 3 is 2.27 bits per heavy atom. The van der Waals surface area contributed by atoms with E-state index in [0.29, 0.717) is 30.2 Å². The van der Waals surface area contributed by atoms with Crippen LogP contribution in [-0.2, 0) is 27.7 Å². The summed E-state index contributed by atoms with van der Waals surface area (Å²) in [6.07, 6.45) is 0.758. The van der Waals surface area contributed by atoms with Crippen molar-refractivity contribution in [1.82, 2.24) is 5.32 Å². The number of ether oxygens (including phenoxy) is 2. The van der Waals surface area contributed by atoms with Crippen LogP contribution in [0.4, 0.5) is 10.1 Å². The molecule has 174 valence electrons. The van der Waals surface area contributed by atoms with E-state index in [4.69, 9.17) is 9.47 Å². The number of halogens is 1. The lowest BCUT2D eigenvalue weighted by atomic mass is 10.1. The number of anilines is 1. The van der Waals surface area contributed by atoms with Gasteiger partial charge in [0.2, 0.25) is 5.91 Å². The Balaban J connectivity index is 1.51. The Kier molecular flexibility index (Phi) is 7.89. The first-order chi connectivity index (χ1) is 15.8. The molecule has 0 heterocycles. The molecule has 2 N–H and O–H groups in total. The maximum absolute atomic E-state index is 13.0. The van der Waals surface area contributed by atoms with Crippen LogP contribution in [0.15, 0.2) is 71.6 Å². The quantitative estimate of drug-likeness (QED) is 0.471. The molecule has 0 unspecified atom stereocenters. The van der Waals surface area contributed by atoms with Crippen LogP contribution in [0, 0.1) is 5.82 Å². The molecule has 1 amide bonds. The van der Waals surface area contributed by atoms with Gasteiger partial charge in [0.1, 0.15) is 17.3 Å². The lowest BCUT2D eigenvalue weighted by Crippen LogP contribution is -2.27.